The molecule has 2 aromatic rings. The fraction of sp³-hybridized carbons (Fsp3) is 0.476. The molecule has 138 valence electrons. The van der Waals surface area contributed by atoms with Gasteiger partial charge in [0.25, 0.3) is 0 Å². The van der Waals surface area contributed by atoms with Crippen LogP contribution in [0.5, 0.6) is 0 Å². The van der Waals surface area contributed by atoms with Crippen molar-refractivity contribution in [3.63, 3.8) is 0 Å². The monoisotopic (exact) mass is 369 g/mol. The Morgan fingerprint density at radius 2 is 1.92 bits per heavy atom. The topological polar surface area (TPSA) is 54.9 Å². The Kier molecular flexibility index (Phi) is 6.30. The molecule has 1 heterocycles. The first kappa shape index (κ1) is 18.9. The highest BCUT2D eigenvalue weighted by Crippen LogP contribution is 2.27. The predicted octanol–water partition coefficient (Wildman–Crippen LogP) is 4.63. The van der Waals surface area contributed by atoms with Gasteiger partial charge in [-0.1, -0.05) is 61.9 Å². The molecule has 3 atom stereocenters. The van der Waals surface area contributed by atoms with Crippen LogP contribution in [0.15, 0.2) is 41.6 Å². The van der Waals surface area contributed by atoms with Gasteiger partial charge in [-0.05, 0) is 38.7 Å². The van der Waals surface area contributed by atoms with Crippen LogP contribution in [0.2, 0.25) is 0 Å². The third-order valence-electron chi connectivity index (χ3n) is 4.99. The van der Waals surface area contributed by atoms with Crippen LogP contribution < -0.4 is 5.32 Å². The van der Waals surface area contributed by atoms with Gasteiger partial charge < -0.3 is 5.32 Å². The summed E-state index contributed by atoms with van der Waals surface area (Å²) in [6, 6.07) is 12.4. The van der Waals surface area contributed by atoms with Crippen molar-refractivity contribution in [3.05, 3.63) is 42.1 Å². The van der Waals surface area contributed by atoms with Crippen LogP contribution in [0.1, 0.15) is 45.2 Å². The zero-order valence-corrected chi connectivity index (χ0v) is 16.6. The number of benzene rings is 1. The van der Waals surface area contributed by atoms with Gasteiger partial charge in [0.2, 0.25) is 5.91 Å². The van der Waals surface area contributed by atoms with Crippen molar-refractivity contribution in [3.8, 4) is 11.3 Å². The van der Waals surface area contributed by atoms with E-state index in [0.29, 0.717) is 17.1 Å². The number of amides is 1. The summed E-state index contributed by atoms with van der Waals surface area (Å²) in [6.45, 7) is 6.13. The largest absolute Gasteiger partial charge is 0.352 e. The van der Waals surface area contributed by atoms with E-state index in [0.717, 1.165) is 23.4 Å². The molecule has 1 N–H and O–H groups in total. The summed E-state index contributed by atoms with van der Waals surface area (Å²) in [6.07, 6.45) is 4.77. The van der Waals surface area contributed by atoms with Gasteiger partial charge in [-0.15, -0.1) is 0 Å². The number of aromatic nitrogens is 2. The Morgan fingerprint density at radius 1 is 1.19 bits per heavy atom. The van der Waals surface area contributed by atoms with Gasteiger partial charge in [0.05, 0.1) is 10.9 Å². The number of rotatable bonds is 5. The molecule has 5 heteroatoms. The lowest BCUT2D eigenvalue weighted by atomic mass is 9.86. The minimum Gasteiger partial charge on any atom is -0.352 e. The molecule has 3 rings (SSSR count). The molecular formula is C21H27N3OS. The Balaban J connectivity index is 1.68. The van der Waals surface area contributed by atoms with Gasteiger partial charge in [-0.3, -0.25) is 4.79 Å². The molecule has 1 amide bonds. The lowest BCUT2D eigenvalue weighted by molar-refractivity contribution is -0.121. The predicted molar refractivity (Wildman–Crippen MR) is 107 cm³/mol. The number of hydrogen-bond donors (Lipinski definition) is 1. The maximum atomic E-state index is 12.6. The fourth-order valence-electron chi connectivity index (χ4n) is 3.39. The highest BCUT2D eigenvalue weighted by Gasteiger charge is 2.25. The summed E-state index contributed by atoms with van der Waals surface area (Å²) in [5.41, 5.74) is 2.87. The average molecular weight is 370 g/mol. The van der Waals surface area contributed by atoms with E-state index >= 15 is 0 Å². The molecule has 4 nitrogen and oxygen atoms in total. The van der Waals surface area contributed by atoms with Crippen LogP contribution >= 0.6 is 11.8 Å². The molecule has 0 radical (unpaired) electrons. The van der Waals surface area contributed by atoms with Gasteiger partial charge in [0, 0.05) is 17.3 Å². The first-order valence-electron chi connectivity index (χ1n) is 9.41. The van der Waals surface area contributed by atoms with Gasteiger partial charge >= 0.3 is 0 Å². The highest BCUT2D eigenvalue weighted by atomic mass is 32.2. The van der Waals surface area contributed by atoms with Crippen molar-refractivity contribution in [2.45, 2.75) is 62.9 Å². The van der Waals surface area contributed by atoms with Crippen molar-refractivity contribution < 1.29 is 4.79 Å². The second-order valence-electron chi connectivity index (χ2n) is 7.18. The lowest BCUT2D eigenvalue weighted by Gasteiger charge is -2.30. The third-order valence-corrected chi connectivity index (χ3v) is 5.95. The molecule has 0 saturated heterocycles. The molecule has 1 fully saturated rings. The van der Waals surface area contributed by atoms with Crippen LogP contribution in [0.4, 0.5) is 0 Å². The van der Waals surface area contributed by atoms with Crippen LogP contribution in [-0.2, 0) is 4.79 Å². The van der Waals surface area contributed by atoms with E-state index < -0.39 is 0 Å². The van der Waals surface area contributed by atoms with E-state index in [2.05, 4.69) is 22.2 Å². The zero-order valence-electron chi connectivity index (χ0n) is 15.7. The maximum Gasteiger partial charge on any atom is 0.233 e. The standard InChI is InChI=1S/C21H27N3OS/c1-14-9-7-8-12-18(14)23-20(25)16(3)26-21-22-15(2)13-19(24-21)17-10-5-4-6-11-17/h4-6,10-11,13-14,16,18H,7-9,12H2,1-3H3,(H,23,25)/t14-,16+,18-/m0/s1. The summed E-state index contributed by atoms with van der Waals surface area (Å²) in [4.78, 5) is 21.8. The molecule has 1 aromatic heterocycles. The minimum absolute atomic E-state index is 0.0834. The Labute approximate surface area is 160 Å². The van der Waals surface area contributed by atoms with E-state index in [-0.39, 0.29) is 11.2 Å². The summed E-state index contributed by atoms with van der Waals surface area (Å²) in [5, 5.41) is 3.68. The van der Waals surface area contributed by atoms with E-state index in [4.69, 9.17) is 0 Å². The Morgan fingerprint density at radius 3 is 2.65 bits per heavy atom. The summed E-state index contributed by atoms with van der Waals surface area (Å²) < 4.78 is 0. The van der Waals surface area contributed by atoms with Crippen molar-refractivity contribution in [1.29, 1.82) is 0 Å². The molecular weight excluding hydrogens is 342 g/mol. The number of nitrogens with one attached hydrogen (secondary N) is 1. The molecule has 0 unspecified atom stereocenters. The molecule has 0 spiro atoms. The van der Waals surface area contributed by atoms with Crippen LogP contribution in [0.25, 0.3) is 11.3 Å². The first-order valence-corrected chi connectivity index (χ1v) is 10.3. The van der Waals surface area contributed by atoms with Crippen molar-refractivity contribution in [2.24, 2.45) is 5.92 Å². The molecule has 1 saturated carbocycles. The second kappa shape index (κ2) is 8.67. The number of thioether (sulfide) groups is 1. The molecule has 26 heavy (non-hydrogen) atoms. The first-order chi connectivity index (χ1) is 12.5. The third kappa shape index (κ3) is 4.85. The SMILES string of the molecule is Cc1cc(-c2ccccc2)nc(S[C@H](C)C(=O)N[C@H]2CCCC[C@@H]2C)n1. The summed E-state index contributed by atoms with van der Waals surface area (Å²) in [5.74, 6) is 0.643. The molecule has 0 aliphatic heterocycles. The van der Waals surface area contributed by atoms with E-state index in [1.165, 1.54) is 31.0 Å². The Hall–Kier alpha value is -1.88. The fourth-order valence-corrected chi connectivity index (χ4v) is 4.23. The molecule has 1 aliphatic carbocycles. The maximum absolute atomic E-state index is 12.6. The number of carbonyl (C=O) groups excluding carboxylic acids is 1. The molecule has 1 aromatic carbocycles. The number of aryl methyl sites for hydroxylation is 1. The van der Waals surface area contributed by atoms with Gasteiger partial charge in [-0.2, -0.15) is 0 Å². The summed E-state index contributed by atoms with van der Waals surface area (Å²) in [7, 11) is 0. The summed E-state index contributed by atoms with van der Waals surface area (Å²) >= 11 is 1.43. The number of nitrogens with zero attached hydrogens (tertiary/aromatic N) is 2. The van der Waals surface area contributed by atoms with Crippen LogP contribution in [0, 0.1) is 12.8 Å². The second-order valence-corrected chi connectivity index (χ2v) is 8.49. The lowest BCUT2D eigenvalue weighted by Crippen LogP contribution is -2.44. The normalized spacial score (nSPS) is 21.2. The Bertz CT molecular complexity index is 750. The quantitative estimate of drug-likeness (QED) is 0.617. The van der Waals surface area contributed by atoms with Crippen molar-refractivity contribution in [2.75, 3.05) is 0 Å². The molecule has 0 bridgehead atoms. The van der Waals surface area contributed by atoms with Crippen molar-refractivity contribution in [1.82, 2.24) is 15.3 Å². The molecule has 1 aliphatic rings. The number of carbonyl (C=O) groups is 1. The van der Waals surface area contributed by atoms with Gasteiger partial charge in [-0.25, -0.2) is 9.97 Å². The van der Waals surface area contributed by atoms with E-state index in [9.17, 15) is 4.79 Å². The zero-order chi connectivity index (χ0) is 18.5. The number of hydrogen-bond acceptors (Lipinski definition) is 4. The van der Waals surface area contributed by atoms with Gasteiger partial charge in [0.1, 0.15) is 0 Å². The highest BCUT2D eigenvalue weighted by molar-refractivity contribution is 8.00. The van der Waals surface area contributed by atoms with E-state index in [1.807, 2.05) is 50.2 Å². The van der Waals surface area contributed by atoms with Gasteiger partial charge in [0.15, 0.2) is 5.16 Å². The average Bonchev–Trinajstić information content (AvgIpc) is 2.64. The van der Waals surface area contributed by atoms with Crippen LogP contribution in [-0.4, -0.2) is 27.2 Å². The van der Waals surface area contributed by atoms with Crippen LogP contribution in [0.3, 0.4) is 0 Å². The van der Waals surface area contributed by atoms with E-state index in [1.54, 1.807) is 0 Å². The van der Waals surface area contributed by atoms with Crippen molar-refractivity contribution >= 4 is 17.7 Å². The smallest absolute Gasteiger partial charge is 0.233 e. The minimum atomic E-state index is -0.213.